The van der Waals surface area contributed by atoms with Crippen LogP contribution >= 0.6 is 0 Å². The van der Waals surface area contributed by atoms with Crippen molar-refractivity contribution in [3.8, 4) is 0 Å². The zero-order valence-corrected chi connectivity index (χ0v) is 15.5. The highest BCUT2D eigenvalue weighted by atomic mass is 16.6. The summed E-state index contributed by atoms with van der Waals surface area (Å²) < 4.78 is 11.3. The van der Waals surface area contributed by atoms with Crippen LogP contribution in [0.2, 0.25) is 0 Å². The third kappa shape index (κ3) is 6.33. The summed E-state index contributed by atoms with van der Waals surface area (Å²) >= 11 is 0. The second-order valence-electron chi connectivity index (χ2n) is 7.48. The lowest BCUT2D eigenvalue weighted by Crippen LogP contribution is -2.50. The maximum absolute atomic E-state index is 12.1. The van der Waals surface area contributed by atoms with Crippen LogP contribution in [0.3, 0.4) is 0 Å². The van der Waals surface area contributed by atoms with Gasteiger partial charge in [0.1, 0.15) is 5.60 Å². The SMILES string of the molecule is CCCC(C)(C)OC(=O)NC(CO)C1CC(OCc2ccccc2)C1. The summed E-state index contributed by atoms with van der Waals surface area (Å²) in [5.41, 5.74) is 0.671. The molecule has 1 atom stereocenters. The average Bonchev–Trinajstić information content (AvgIpc) is 2.52. The van der Waals surface area contributed by atoms with E-state index in [-0.39, 0.29) is 24.7 Å². The van der Waals surface area contributed by atoms with E-state index < -0.39 is 11.7 Å². The van der Waals surface area contributed by atoms with Gasteiger partial charge in [-0.25, -0.2) is 4.79 Å². The van der Waals surface area contributed by atoms with Crippen molar-refractivity contribution in [1.82, 2.24) is 5.32 Å². The molecule has 1 aromatic carbocycles. The van der Waals surface area contributed by atoms with Crippen LogP contribution in [0, 0.1) is 5.92 Å². The second kappa shape index (κ2) is 9.20. The first kappa shape index (κ1) is 19.7. The fourth-order valence-corrected chi connectivity index (χ4v) is 3.26. The molecule has 0 heterocycles. The van der Waals surface area contributed by atoms with Crippen LogP contribution in [0.1, 0.15) is 52.0 Å². The molecule has 25 heavy (non-hydrogen) atoms. The molecule has 1 amide bonds. The molecule has 0 aliphatic heterocycles. The van der Waals surface area contributed by atoms with E-state index in [4.69, 9.17) is 9.47 Å². The van der Waals surface area contributed by atoms with Crippen LogP contribution < -0.4 is 5.32 Å². The number of rotatable bonds is 9. The van der Waals surface area contributed by atoms with Gasteiger partial charge in [-0.1, -0.05) is 43.7 Å². The maximum Gasteiger partial charge on any atom is 0.407 e. The molecule has 1 aromatic rings. The zero-order chi connectivity index (χ0) is 18.3. The lowest BCUT2D eigenvalue weighted by molar-refractivity contribution is -0.0557. The van der Waals surface area contributed by atoms with Crippen molar-refractivity contribution < 1.29 is 19.4 Å². The lowest BCUT2D eigenvalue weighted by Gasteiger charge is -2.40. The van der Waals surface area contributed by atoms with Crippen molar-refractivity contribution >= 4 is 6.09 Å². The van der Waals surface area contributed by atoms with Crippen molar-refractivity contribution in [2.24, 2.45) is 5.92 Å². The number of nitrogens with one attached hydrogen (secondary N) is 1. The highest BCUT2D eigenvalue weighted by Gasteiger charge is 2.37. The number of alkyl carbamates (subject to hydrolysis) is 1. The smallest absolute Gasteiger partial charge is 0.407 e. The van der Waals surface area contributed by atoms with Gasteiger partial charge in [0, 0.05) is 0 Å². The molecule has 5 heteroatoms. The summed E-state index contributed by atoms with van der Waals surface area (Å²) in [5.74, 6) is 0.229. The number of hydrogen-bond acceptors (Lipinski definition) is 4. The molecule has 2 rings (SSSR count). The largest absolute Gasteiger partial charge is 0.444 e. The van der Waals surface area contributed by atoms with Crippen molar-refractivity contribution in [1.29, 1.82) is 0 Å². The number of carbonyl (C=O) groups excluding carboxylic acids is 1. The van der Waals surface area contributed by atoms with Gasteiger partial charge in [-0.2, -0.15) is 0 Å². The summed E-state index contributed by atoms with van der Waals surface area (Å²) in [7, 11) is 0. The number of amides is 1. The van der Waals surface area contributed by atoms with Crippen LogP contribution in [0.15, 0.2) is 30.3 Å². The molecule has 140 valence electrons. The first-order valence-corrected chi connectivity index (χ1v) is 9.19. The predicted octanol–water partition coefficient (Wildman–Crippen LogP) is 3.65. The van der Waals surface area contributed by atoms with E-state index in [9.17, 15) is 9.90 Å². The average molecular weight is 349 g/mol. The Morgan fingerprint density at radius 1 is 1.32 bits per heavy atom. The Balaban J connectivity index is 1.71. The number of carbonyl (C=O) groups is 1. The van der Waals surface area contributed by atoms with Gasteiger partial charge in [-0.3, -0.25) is 0 Å². The van der Waals surface area contributed by atoms with Crippen molar-refractivity contribution in [3.63, 3.8) is 0 Å². The first-order chi connectivity index (χ1) is 11.9. The minimum absolute atomic E-state index is 0.0840. The van der Waals surface area contributed by atoms with Crippen molar-refractivity contribution in [2.75, 3.05) is 6.61 Å². The number of aliphatic hydroxyl groups excluding tert-OH is 1. The maximum atomic E-state index is 12.1. The van der Waals surface area contributed by atoms with E-state index in [1.807, 2.05) is 44.2 Å². The molecule has 1 unspecified atom stereocenters. The fraction of sp³-hybridized carbons (Fsp3) is 0.650. The van der Waals surface area contributed by atoms with E-state index in [0.29, 0.717) is 6.61 Å². The summed E-state index contributed by atoms with van der Waals surface area (Å²) in [5, 5.41) is 12.4. The van der Waals surface area contributed by atoms with Crippen molar-refractivity contribution in [2.45, 2.75) is 70.8 Å². The van der Waals surface area contributed by atoms with E-state index >= 15 is 0 Å². The van der Waals surface area contributed by atoms with Gasteiger partial charge in [0.05, 0.1) is 25.4 Å². The molecule has 1 fully saturated rings. The third-order valence-corrected chi connectivity index (χ3v) is 4.75. The molecule has 0 aromatic heterocycles. The first-order valence-electron chi connectivity index (χ1n) is 9.19. The molecule has 5 nitrogen and oxygen atoms in total. The molecule has 0 bridgehead atoms. The Morgan fingerprint density at radius 3 is 2.60 bits per heavy atom. The molecule has 0 radical (unpaired) electrons. The van der Waals surface area contributed by atoms with Gasteiger partial charge in [0.25, 0.3) is 0 Å². The fourth-order valence-electron chi connectivity index (χ4n) is 3.26. The van der Waals surface area contributed by atoms with Crippen LogP contribution in [0.25, 0.3) is 0 Å². The highest BCUT2D eigenvalue weighted by molar-refractivity contribution is 5.68. The number of ether oxygens (including phenoxy) is 2. The van der Waals surface area contributed by atoms with E-state index in [0.717, 1.165) is 31.2 Å². The van der Waals surface area contributed by atoms with E-state index in [1.54, 1.807) is 0 Å². The van der Waals surface area contributed by atoms with Gasteiger partial charge in [-0.05, 0) is 44.6 Å². The molecule has 1 aliphatic carbocycles. The standard InChI is InChI=1S/C20H31NO4/c1-4-10-20(2,3)25-19(23)21-18(13-22)16-11-17(12-16)24-14-15-8-6-5-7-9-15/h5-9,16-18,22H,4,10-14H2,1-3H3,(H,21,23). The molecule has 0 spiro atoms. The molecule has 1 saturated carbocycles. The van der Waals surface area contributed by atoms with Crippen LogP contribution in [-0.4, -0.2) is 35.6 Å². The minimum Gasteiger partial charge on any atom is -0.444 e. The van der Waals surface area contributed by atoms with Gasteiger partial charge in [-0.15, -0.1) is 0 Å². The van der Waals surface area contributed by atoms with E-state index in [2.05, 4.69) is 12.2 Å². The Morgan fingerprint density at radius 2 is 2.00 bits per heavy atom. The van der Waals surface area contributed by atoms with E-state index in [1.165, 1.54) is 0 Å². The summed E-state index contributed by atoms with van der Waals surface area (Å²) in [6.07, 6.45) is 3.18. The molecule has 0 saturated heterocycles. The molecular weight excluding hydrogens is 318 g/mol. The Labute approximate surface area is 150 Å². The quantitative estimate of drug-likeness (QED) is 0.714. The Kier molecular flexibility index (Phi) is 7.26. The van der Waals surface area contributed by atoms with Gasteiger partial charge >= 0.3 is 6.09 Å². The zero-order valence-electron chi connectivity index (χ0n) is 15.5. The predicted molar refractivity (Wildman–Crippen MR) is 97.2 cm³/mol. The van der Waals surface area contributed by atoms with Crippen LogP contribution in [0.5, 0.6) is 0 Å². The molecular formula is C20H31NO4. The minimum atomic E-state index is -0.486. The highest BCUT2D eigenvalue weighted by Crippen LogP contribution is 2.33. The second-order valence-corrected chi connectivity index (χ2v) is 7.48. The molecule has 2 N–H and O–H groups in total. The van der Waals surface area contributed by atoms with Gasteiger partial charge < -0.3 is 19.9 Å². The number of hydrogen-bond donors (Lipinski definition) is 2. The summed E-state index contributed by atoms with van der Waals surface area (Å²) in [6.45, 7) is 6.38. The molecule has 1 aliphatic rings. The lowest BCUT2D eigenvalue weighted by atomic mass is 9.77. The van der Waals surface area contributed by atoms with Crippen LogP contribution in [-0.2, 0) is 16.1 Å². The third-order valence-electron chi connectivity index (χ3n) is 4.75. The van der Waals surface area contributed by atoms with Gasteiger partial charge in [0.15, 0.2) is 0 Å². The number of benzene rings is 1. The Hall–Kier alpha value is -1.59. The Bertz CT molecular complexity index is 526. The van der Waals surface area contributed by atoms with Crippen LogP contribution in [0.4, 0.5) is 4.79 Å². The van der Waals surface area contributed by atoms with Gasteiger partial charge in [0.2, 0.25) is 0 Å². The number of aliphatic hydroxyl groups is 1. The monoisotopic (exact) mass is 349 g/mol. The topological polar surface area (TPSA) is 67.8 Å². The normalized spacial score (nSPS) is 21.3. The summed E-state index contributed by atoms with van der Waals surface area (Å²) in [4.78, 5) is 12.1. The van der Waals surface area contributed by atoms with Crippen molar-refractivity contribution in [3.05, 3.63) is 35.9 Å². The summed E-state index contributed by atoms with van der Waals surface area (Å²) in [6, 6.07) is 9.80.